The molecule has 4 nitrogen and oxygen atoms in total. The second-order valence-corrected chi connectivity index (χ2v) is 5.24. The van der Waals surface area contributed by atoms with Crippen molar-refractivity contribution in [3.63, 3.8) is 0 Å². The first-order valence-electron chi connectivity index (χ1n) is 7.56. The summed E-state index contributed by atoms with van der Waals surface area (Å²) in [7, 11) is 0. The maximum absolute atomic E-state index is 13.4. The van der Waals surface area contributed by atoms with E-state index < -0.39 is 11.7 Å². The lowest BCUT2D eigenvalue weighted by molar-refractivity contribution is -0.125. The van der Waals surface area contributed by atoms with Crippen LogP contribution in [-0.4, -0.2) is 24.9 Å². The molecule has 0 spiro atoms. The molecule has 0 fully saturated rings. The number of nitrogens with one attached hydrogen (secondary N) is 2. The van der Waals surface area contributed by atoms with Gasteiger partial charge in [-0.2, -0.15) is 0 Å². The largest absolute Gasteiger partial charge is 0.354 e. The third-order valence-electron chi connectivity index (χ3n) is 3.43. The Labute approximate surface area is 138 Å². The molecule has 24 heavy (non-hydrogen) atoms. The standard InChI is InChI=1S/C18H18F2N2O2/c19-15-7-3-1-5-13(15)9-10-21-18(24)12-22-17(23)11-14-6-2-4-8-16(14)20/h1-8H,9-12H2,(H,21,24)(H,22,23). The van der Waals surface area contributed by atoms with Crippen LogP contribution in [0.3, 0.4) is 0 Å². The molecule has 6 heteroatoms. The molecule has 0 saturated carbocycles. The summed E-state index contributed by atoms with van der Waals surface area (Å²) < 4.78 is 26.8. The van der Waals surface area contributed by atoms with Gasteiger partial charge in [-0.3, -0.25) is 9.59 Å². The summed E-state index contributed by atoms with van der Waals surface area (Å²) in [6, 6.07) is 12.3. The Kier molecular flexibility index (Phi) is 6.42. The normalized spacial score (nSPS) is 10.2. The predicted molar refractivity (Wildman–Crippen MR) is 86.2 cm³/mol. The molecule has 0 aliphatic rings. The maximum Gasteiger partial charge on any atom is 0.239 e. The van der Waals surface area contributed by atoms with Gasteiger partial charge in [-0.15, -0.1) is 0 Å². The van der Waals surface area contributed by atoms with Gasteiger partial charge in [-0.25, -0.2) is 8.78 Å². The van der Waals surface area contributed by atoms with Crippen LogP contribution < -0.4 is 10.6 Å². The Morgan fingerprint density at radius 3 is 2.00 bits per heavy atom. The predicted octanol–water partition coefficient (Wildman–Crippen LogP) is 1.98. The molecule has 0 aliphatic heterocycles. The minimum atomic E-state index is -0.456. The van der Waals surface area contributed by atoms with E-state index in [1.807, 2.05) is 0 Å². The molecule has 126 valence electrons. The summed E-state index contributed by atoms with van der Waals surface area (Å²) in [5, 5.41) is 5.02. The highest BCUT2D eigenvalue weighted by molar-refractivity contribution is 5.85. The van der Waals surface area contributed by atoms with Crippen molar-refractivity contribution in [2.24, 2.45) is 0 Å². The molecule has 2 aromatic rings. The smallest absolute Gasteiger partial charge is 0.239 e. The summed E-state index contributed by atoms with van der Waals surface area (Å²) in [4.78, 5) is 23.4. The van der Waals surface area contributed by atoms with Crippen LogP contribution in [0.5, 0.6) is 0 Å². The minimum Gasteiger partial charge on any atom is -0.354 e. The zero-order chi connectivity index (χ0) is 17.4. The molecule has 2 N–H and O–H groups in total. The number of benzene rings is 2. The van der Waals surface area contributed by atoms with Gasteiger partial charge in [0.05, 0.1) is 13.0 Å². The summed E-state index contributed by atoms with van der Waals surface area (Å²) in [6.07, 6.45) is 0.233. The Morgan fingerprint density at radius 2 is 1.38 bits per heavy atom. The zero-order valence-corrected chi connectivity index (χ0v) is 13.0. The quantitative estimate of drug-likeness (QED) is 0.815. The van der Waals surface area contributed by atoms with E-state index in [4.69, 9.17) is 0 Å². The Balaban J connectivity index is 1.68. The SMILES string of the molecule is O=C(CNC(=O)Cc1ccccc1F)NCCc1ccccc1F. The van der Waals surface area contributed by atoms with Gasteiger partial charge in [0.25, 0.3) is 0 Å². The highest BCUT2D eigenvalue weighted by Crippen LogP contribution is 2.07. The fourth-order valence-corrected chi connectivity index (χ4v) is 2.16. The van der Waals surface area contributed by atoms with Crippen molar-refractivity contribution in [2.45, 2.75) is 12.8 Å². The lowest BCUT2D eigenvalue weighted by Crippen LogP contribution is -2.38. The van der Waals surface area contributed by atoms with Crippen LogP contribution >= 0.6 is 0 Å². The van der Waals surface area contributed by atoms with E-state index in [1.165, 1.54) is 18.2 Å². The molecule has 0 aliphatic carbocycles. The molecule has 0 radical (unpaired) electrons. The average molecular weight is 332 g/mol. The number of carbonyl (C=O) groups excluding carboxylic acids is 2. The first-order chi connectivity index (χ1) is 11.6. The van der Waals surface area contributed by atoms with Crippen LogP contribution in [0.15, 0.2) is 48.5 Å². The van der Waals surface area contributed by atoms with Gasteiger partial charge in [0.1, 0.15) is 11.6 Å². The summed E-state index contributed by atoms with van der Waals surface area (Å²) in [6.45, 7) is 0.0630. The fourth-order valence-electron chi connectivity index (χ4n) is 2.16. The number of hydrogen-bond acceptors (Lipinski definition) is 2. The van der Waals surface area contributed by atoms with Crippen molar-refractivity contribution in [2.75, 3.05) is 13.1 Å². The number of carbonyl (C=O) groups is 2. The van der Waals surface area contributed by atoms with Gasteiger partial charge < -0.3 is 10.6 Å². The Hall–Kier alpha value is -2.76. The Morgan fingerprint density at radius 1 is 0.792 bits per heavy atom. The summed E-state index contributed by atoms with van der Waals surface area (Å²) >= 11 is 0. The molecule has 0 heterocycles. The van der Waals surface area contributed by atoms with Crippen LogP contribution in [0.2, 0.25) is 0 Å². The third-order valence-corrected chi connectivity index (χ3v) is 3.43. The van der Waals surface area contributed by atoms with Crippen LogP contribution in [0.1, 0.15) is 11.1 Å². The minimum absolute atomic E-state index is 0.130. The van der Waals surface area contributed by atoms with E-state index in [-0.39, 0.29) is 36.8 Å². The lowest BCUT2D eigenvalue weighted by atomic mass is 10.1. The molecule has 2 rings (SSSR count). The number of hydrogen-bond donors (Lipinski definition) is 2. The van der Waals surface area contributed by atoms with Gasteiger partial charge in [0.15, 0.2) is 0 Å². The second-order valence-electron chi connectivity index (χ2n) is 5.24. The first-order valence-corrected chi connectivity index (χ1v) is 7.56. The van der Waals surface area contributed by atoms with Crippen LogP contribution in [0.25, 0.3) is 0 Å². The second kappa shape index (κ2) is 8.76. The van der Waals surface area contributed by atoms with E-state index in [9.17, 15) is 18.4 Å². The van der Waals surface area contributed by atoms with Crippen molar-refractivity contribution >= 4 is 11.8 Å². The van der Waals surface area contributed by atoms with Gasteiger partial charge in [-0.05, 0) is 29.7 Å². The highest BCUT2D eigenvalue weighted by Gasteiger charge is 2.09. The maximum atomic E-state index is 13.4. The fraction of sp³-hybridized carbons (Fsp3) is 0.222. The van der Waals surface area contributed by atoms with Crippen molar-refractivity contribution in [3.05, 3.63) is 71.3 Å². The van der Waals surface area contributed by atoms with Crippen molar-refractivity contribution in [1.29, 1.82) is 0 Å². The van der Waals surface area contributed by atoms with Crippen molar-refractivity contribution in [1.82, 2.24) is 10.6 Å². The van der Waals surface area contributed by atoms with Crippen LogP contribution in [0.4, 0.5) is 8.78 Å². The van der Waals surface area contributed by atoms with E-state index in [0.717, 1.165) is 0 Å². The number of amides is 2. The Bertz CT molecular complexity index is 720. The van der Waals surface area contributed by atoms with Gasteiger partial charge >= 0.3 is 0 Å². The summed E-state index contributed by atoms with van der Waals surface area (Å²) in [5.74, 6) is -1.59. The van der Waals surface area contributed by atoms with Crippen LogP contribution in [0, 0.1) is 11.6 Å². The summed E-state index contributed by atoms with van der Waals surface area (Å²) in [5.41, 5.74) is 0.788. The molecule has 2 amide bonds. The third kappa shape index (κ3) is 5.46. The number of rotatable bonds is 7. The van der Waals surface area contributed by atoms with Crippen molar-refractivity contribution < 1.29 is 18.4 Å². The number of halogens is 2. The molecule has 0 atom stereocenters. The molecule has 2 aromatic carbocycles. The molecule has 0 aromatic heterocycles. The molecule has 0 saturated heterocycles. The van der Waals surface area contributed by atoms with E-state index in [2.05, 4.69) is 10.6 Å². The van der Waals surface area contributed by atoms with Gasteiger partial charge in [0, 0.05) is 6.54 Å². The van der Waals surface area contributed by atoms with E-state index in [0.29, 0.717) is 12.0 Å². The molecular formula is C18H18F2N2O2. The average Bonchev–Trinajstić information content (AvgIpc) is 2.57. The van der Waals surface area contributed by atoms with Gasteiger partial charge in [0.2, 0.25) is 11.8 Å². The monoisotopic (exact) mass is 332 g/mol. The van der Waals surface area contributed by atoms with Gasteiger partial charge in [-0.1, -0.05) is 36.4 Å². The lowest BCUT2D eigenvalue weighted by Gasteiger charge is -2.08. The molecule has 0 bridgehead atoms. The van der Waals surface area contributed by atoms with Crippen LogP contribution in [-0.2, 0) is 22.4 Å². The topological polar surface area (TPSA) is 58.2 Å². The highest BCUT2D eigenvalue weighted by atomic mass is 19.1. The zero-order valence-electron chi connectivity index (χ0n) is 13.0. The van der Waals surface area contributed by atoms with Crippen molar-refractivity contribution in [3.8, 4) is 0 Å². The first kappa shape index (κ1) is 17.6. The molecular weight excluding hydrogens is 314 g/mol. The van der Waals surface area contributed by atoms with E-state index in [1.54, 1.807) is 30.3 Å². The molecule has 0 unspecified atom stereocenters. The van der Waals surface area contributed by atoms with E-state index >= 15 is 0 Å².